The summed E-state index contributed by atoms with van der Waals surface area (Å²) in [6.07, 6.45) is 1.06. The van der Waals surface area contributed by atoms with Gasteiger partial charge in [0.15, 0.2) is 0 Å². The fourth-order valence-electron chi connectivity index (χ4n) is 1.78. The molecular weight excluding hydrogens is 221 g/mol. The molecule has 0 saturated carbocycles. The van der Waals surface area contributed by atoms with Gasteiger partial charge in [-0.15, -0.1) is 0 Å². The summed E-state index contributed by atoms with van der Waals surface area (Å²) < 4.78 is 18.3. The lowest BCUT2D eigenvalue weighted by Crippen LogP contribution is -2.46. The van der Waals surface area contributed by atoms with E-state index in [0.717, 1.165) is 0 Å². The number of anilines is 1. The van der Waals surface area contributed by atoms with Crippen molar-refractivity contribution in [1.29, 1.82) is 0 Å². The molecule has 1 N–H and O–H groups in total. The largest absolute Gasteiger partial charge is 0.467 e. The van der Waals surface area contributed by atoms with E-state index in [2.05, 4.69) is 5.32 Å². The van der Waals surface area contributed by atoms with Gasteiger partial charge in [0.25, 0.3) is 0 Å². The average molecular weight is 239 g/mol. The standard InChI is InChI=1S/C13H18FNO2/c1-4-13(5-2,12(16)17-3)15-11-9-7-6-8-10(11)14/h6-9,15H,4-5H2,1-3H3. The van der Waals surface area contributed by atoms with Gasteiger partial charge in [0.1, 0.15) is 11.4 Å². The van der Waals surface area contributed by atoms with Crippen molar-refractivity contribution in [3.63, 3.8) is 0 Å². The fourth-order valence-corrected chi connectivity index (χ4v) is 1.78. The molecule has 0 aliphatic heterocycles. The maximum absolute atomic E-state index is 13.5. The minimum atomic E-state index is -0.864. The number of para-hydroxylation sites is 1. The molecule has 0 radical (unpaired) electrons. The van der Waals surface area contributed by atoms with E-state index in [9.17, 15) is 9.18 Å². The van der Waals surface area contributed by atoms with Crippen molar-refractivity contribution in [2.45, 2.75) is 32.2 Å². The van der Waals surface area contributed by atoms with Gasteiger partial charge in [-0.05, 0) is 25.0 Å². The van der Waals surface area contributed by atoms with Gasteiger partial charge in [0.05, 0.1) is 12.8 Å². The first kappa shape index (κ1) is 13.5. The first-order valence-corrected chi connectivity index (χ1v) is 5.70. The minimum Gasteiger partial charge on any atom is -0.467 e. The number of ether oxygens (including phenoxy) is 1. The summed E-state index contributed by atoms with van der Waals surface area (Å²) in [5.41, 5.74) is -0.543. The summed E-state index contributed by atoms with van der Waals surface area (Å²) in [6, 6.07) is 6.30. The lowest BCUT2D eigenvalue weighted by Gasteiger charge is -2.30. The van der Waals surface area contributed by atoms with Crippen molar-refractivity contribution in [1.82, 2.24) is 0 Å². The van der Waals surface area contributed by atoms with Crippen LogP contribution in [0.1, 0.15) is 26.7 Å². The number of esters is 1. The second kappa shape index (κ2) is 5.66. The van der Waals surface area contributed by atoms with Crippen molar-refractivity contribution in [2.75, 3.05) is 12.4 Å². The molecule has 3 nitrogen and oxygen atoms in total. The van der Waals surface area contributed by atoms with E-state index in [1.54, 1.807) is 18.2 Å². The van der Waals surface area contributed by atoms with Crippen LogP contribution >= 0.6 is 0 Å². The second-order valence-corrected chi connectivity index (χ2v) is 3.89. The van der Waals surface area contributed by atoms with Crippen LogP contribution in [0.25, 0.3) is 0 Å². The molecule has 0 fully saturated rings. The summed E-state index contributed by atoms with van der Waals surface area (Å²) in [7, 11) is 1.34. The minimum absolute atomic E-state index is 0.321. The van der Waals surface area contributed by atoms with E-state index < -0.39 is 5.54 Å². The molecule has 1 aromatic carbocycles. The first-order valence-electron chi connectivity index (χ1n) is 5.70. The number of hydrogen-bond acceptors (Lipinski definition) is 3. The third-order valence-corrected chi connectivity index (χ3v) is 3.03. The van der Waals surface area contributed by atoms with E-state index in [1.807, 2.05) is 13.8 Å². The van der Waals surface area contributed by atoms with Crippen molar-refractivity contribution in [3.8, 4) is 0 Å². The molecular formula is C13H18FNO2. The molecule has 1 aromatic rings. The molecule has 0 atom stereocenters. The lowest BCUT2D eigenvalue weighted by molar-refractivity contribution is -0.146. The van der Waals surface area contributed by atoms with Gasteiger partial charge < -0.3 is 10.1 Å². The molecule has 0 heterocycles. The Hall–Kier alpha value is -1.58. The Bertz CT molecular complexity index is 389. The van der Waals surface area contributed by atoms with Crippen LogP contribution in [-0.2, 0) is 9.53 Å². The van der Waals surface area contributed by atoms with Crippen LogP contribution in [0.15, 0.2) is 24.3 Å². The van der Waals surface area contributed by atoms with Crippen LogP contribution in [0, 0.1) is 5.82 Å². The average Bonchev–Trinajstić information content (AvgIpc) is 2.37. The number of benzene rings is 1. The van der Waals surface area contributed by atoms with Gasteiger partial charge >= 0.3 is 5.97 Å². The molecule has 94 valence electrons. The van der Waals surface area contributed by atoms with Gasteiger partial charge in [0.2, 0.25) is 0 Å². The zero-order chi connectivity index (χ0) is 12.9. The van der Waals surface area contributed by atoms with E-state index in [1.165, 1.54) is 13.2 Å². The normalized spacial score (nSPS) is 11.1. The molecule has 0 aliphatic carbocycles. The molecule has 1 rings (SSSR count). The zero-order valence-electron chi connectivity index (χ0n) is 10.4. The predicted octanol–water partition coefficient (Wildman–Crippen LogP) is 2.97. The molecule has 0 spiro atoms. The Morgan fingerprint density at radius 3 is 2.41 bits per heavy atom. The SMILES string of the molecule is CCC(CC)(Nc1ccccc1F)C(=O)OC. The summed E-state index contributed by atoms with van der Waals surface area (Å²) in [6.45, 7) is 3.74. The molecule has 4 heteroatoms. The van der Waals surface area contributed by atoms with Crippen LogP contribution < -0.4 is 5.32 Å². The maximum atomic E-state index is 13.5. The second-order valence-electron chi connectivity index (χ2n) is 3.89. The number of nitrogens with one attached hydrogen (secondary N) is 1. The molecule has 0 unspecified atom stereocenters. The third kappa shape index (κ3) is 2.75. The number of hydrogen-bond donors (Lipinski definition) is 1. The Kier molecular flexibility index (Phi) is 4.49. The van der Waals surface area contributed by atoms with E-state index >= 15 is 0 Å². The van der Waals surface area contributed by atoms with Crippen LogP contribution in [0.4, 0.5) is 10.1 Å². The quantitative estimate of drug-likeness (QED) is 0.803. The van der Waals surface area contributed by atoms with Crippen LogP contribution in [0.5, 0.6) is 0 Å². The molecule has 0 aliphatic rings. The monoisotopic (exact) mass is 239 g/mol. The molecule has 0 aromatic heterocycles. The molecule has 0 amide bonds. The van der Waals surface area contributed by atoms with E-state index in [0.29, 0.717) is 18.5 Å². The third-order valence-electron chi connectivity index (χ3n) is 3.03. The number of methoxy groups -OCH3 is 1. The van der Waals surface area contributed by atoms with Crippen molar-refractivity contribution < 1.29 is 13.9 Å². The summed E-state index contributed by atoms with van der Waals surface area (Å²) in [5.74, 6) is -0.742. The zero-order valence-corrected chi connectivity index (χ0v) is 10.4. The van der Waals surface area contributed by atoms with Gasteiger partial charge in [-0.25, -0.2) is 9.18 Å². The first-order chi connectivity index (χ1) is 8.09. The van der Waals surface area contributed by atoms with Gasteiger partial charge in [-0.1, -0.05) is 26.0 Å². The number of carbonyl (C=O) groups is 1. The highest BCUT2D eigenvalue weighted by atomic mass is 19.1. The van der Waals surface area contributed by atoms with Crippen molar-refractivity contribution in [2.24, 2.45) is 0 Å². The molecule has 0 saturated heterocycles. The number of rotatable bonds is 5. The molecule has 0 bridgehead atoms. The van der Waals surface area contributed by atoms with Crippen molar-refractivity contribution >= 4 is 11.7 Å². The van der Waals surface area contributed by atoms with Gasteiger partial charge in [-0.2, -0.15) is 0 Å². The number of carbonyl (C=O) groups excluding carboxylic acids is 1. The highest BCUT2D eigenvalue weighted by Gasteiger charge is 2.36. The van der Waals surface area contributed by atoms with Gasteiger partial charge in [-0.3, -0.25) is 0 Å². The highest BCUT2D eigenvalue weighted by molar-refractivity contribution is 5.84. The summed E-state index contributed by atoms with van der Waals surface area (Å²) in [4.78, 5) is 11.8. The van der Waals surface area contributed by atoms with Gasteiger partial charge in [0, 0.05) is 0 Å². The van der Waals surface area contributed by atoms with Crippen LogP contribution in [0.2, 0.25) is 0 Å². The predicted molar refractivity (Wildman–Crippen MR) is 65.4 cm³/mol. The van der Waals surface area contributed by atoms with E-state index in [-0.39, 0.29) is 11.8 Å². The van der Waals surface area contributed by atoms with Crippen molar-refractivity contribution in [3.05, 3.63) is 30.1 Å². The Morgan fingerprint density at radius 2 is 1.94 bits per heavy atom. The Labute approximate surface area is 101 Å². The summed E-state index contributed by atoms with van der Waals surface area (Å²) >= 11 is 0. The maximum Gasteiger partial charge on any atom is 0.331 e. The fraction of sp³-hybridized carbons (Fsp3) is 0.462. The number of halogens is 1. The van der Waals surface area contributed by atoms with E-state index in [4.69, 9.17) is 4.74 Å². The highest BCUT2D eigenvalue weighted by Crippen LogP contribution is 2.25. The Morgan fingerprint density at radius 1 is 1.35 bits per heavy atom. The lowest BCUT2D eigenvalue weighted by atomic mass is 9.92. The van der Waals surface area contributed by atoms with Crippen LogP contribution in [0.3, 0.4) is 0 Å². The topological polar surface area (TPSA) is 38.3 Å². The summed E-state index contributed by atoms with van der Waals surface area (Å²) in [5, 5.41) is 2.96. The molecule has 17 heavy (non-hydrogen) atoms. The Balaban J connectivity index is 3.02. The van der Waals surface area contributed by atoms with Crippen LogP contribution in [-0.4, -0.2) is 18.6 Å². The smallest absolute Gasteiger partial charge is 0.331 e.